The van der Waals surface area contributed by atoms with Crippen molar-refractivity contribution in [1.29, 1.82) is 0 Å². The second-order valence-corrected chi connectivity index (χ2v) is 7.69. The minimum atomic E-state index is -0.463. The quantitative estimate of drug-likeness (QED) is 0.624. The lowest BCUT2D eigenvalue weighted by Gasteiger charge is -2.22. The number of hydrogen-bond donors (Lipinski definition) is 0. The molecule has 0 bridgehead atoms. The van der Waals surface area contributed by atoms with Crippen molar-refractivity contribution in [2.75, 3.05) is 6.54 Å². The molecule has 0 spiro atoms. The molecule has 1 unspecified atom stereocenters. The average molecular weight is 405 g/mol. The Morgan fingerprint density at radius 1 is 1.07 bits per heavy atom. The minimum Gasteiger partial charge on any atom is -0.467 e. The highest BCUT2D eigenvalue weighted by atomic mass is 32.1. The molecule has 0 N–H and O–H groups in total. The smallest absolute Gasteiger partial charge is 0.263 e. The van der Waals surface area contributed by atoms with Gasteiger partial charge in [-0.1, -0.05) is 18.2 Å². The number of imide groups is 1. The van der Waals surface area contributed by atoms with Crippen LogP contribution in [0.1, 0.15) is 43.8 Å². The van der Waals surface area contributed by atoms with Crippen LogP contribution in [0.4, 0.5) is 0 Å². The van der Waals surface area contributed by atoms with Crippen molar-refractivity contribution in [3.8, 4) is 0 Å². The van der Waals surface area contributed by atoms with Crippen LogP contribution in [0.3, 0.4) is 0 Å². The predicted octanol–water partition coefficient (Wildman–Crippen LogP) is 3.32. The molecule has 3 amide bonds. The summed E-state index contributed by atoms with van der Waals surface area (Å²) in [6.45, 7) is -0.370. The Bertz CT molecular complexity index is 1100. The summed E-state index contributed by atoms with van der Waals surface area (Å²) >= 11 is 1.54. The van der Waals surface area contributed by atoms with Crippen LogP contribution in [0.5, 0.6) is 0 Å². The van der Waals surface area contributed by atoms with Gasteiger partial charge in [-0.2, -0.15) is 5.10 Å². The monoisotopic (exact) mass is 405 g/mol. The van der Waals surface area contributed by atoms with Crippen LogP contribution in [0.15, 0.2) is 69.7 Å². The summed E-state index contributed by atoms with van der Waals surface area (Å²) in [6.07, 6.45) is 2.05. The maximum absolute atomic E-state index is 13.1. The number of carbonyl (C=O) groups excluding carboxylic acids is 3. The van der Waals surface area contributed by atoms with Gasteiger partial charge in [-0.15, -0.1) is 11.3 Å². The van der Waals surface area contributed by atoms with Crippen molar-refractivity contribution in [2.24, 2.45) is 5.10 Å². The highest BCUT2D eigenvalue weighted by Crippen LogP contribution is 2.34. The van der Waals surface area contributed by atoms with Gasteiger partial charge in [0.2, 0.25) is 0 Å². The molecule has 0 saturated carbocycles. The van der Waals surface area contributed by atoms with Gasteiger partial charge in [0.15, 0.2) is 0 Å². The second-order valence-electron chi connectivity index (χ2n) is 6.74. The van der Waals surface area contributed by atoms with Crippen molar-refractivity contribution in [1.82, 2.24) is 9.91 Å². The van der Waals surface area contributed by atoms with Crippen LogP contribution >= 0.6 is 11.3 Å². The first-order chi connectivity index (χ1) is 14.1. The number of fused-ring (bicyclic) bond motifs is 1. The van der Waals surface area contributed by atoms with E-state index in [4.69, 9.17) is 4.42 Å². The molecular weight excluding hydrogens is 390 g/mol. The summed E-state index contributed by atoms with van der Waals surface area (Å²) in [6, 6.07) is 13.6. The lowest BCUT2D eigenvalue weighted by Crippen LogP contribution is -2.41. The maximum atomic E-state index is 13.1. The molecule has 1 aromatic carbocycles. The zero-order valence-electron chi connectivity index (χ0n) is 15.1. The SMILES string of the molecule is O=C1c2ccccc2C(=O)N1CC(=O)N1N=C(c2cccs2)CC1c1ccco1. The van der Waals surface area contributed by atoms with Gasteiger partial charge in [0.1, 0.15) is 18.3 Å². The van der Waals surface area contributed by atoms with E-state index < -0.39 is 23.8 Å². The van der Waals surface area contributed by atoms with E-state index in [0.29, 0.717) is 23.3 Å². The van der Waals surface area contributed by atoms with Crippen LogP contribution in [0.2, 0.25) is 0 Å². The van der Waals surface area contributed by atoms with Gasteiger partial charge in [0.25, 0.3) is 17.7 Å². The highest BCUT2D eigenvalue weighted by molar-refractivity contribution is 7.12. The molecule has 4 heterocycles. The summed E-state index contributed by atoms with van der Waals surface area (Å²) in [5.41, 5.74) is 1.41. The summed E-state index contributed by atoms with van der Waals surface area (Å²) < 4.78 is 5.52. The molecule has 2 aliphatic heterocycles. The maximum Gasteiger partial charge on any atom is 0.263 e. The number of benzene rings is 1. The molecule has 1 atom stereocenters. The van der Waals surface area contributed by atoms with Gasteiger partial charge in [-0.05, 0) is 35.7 Å². The summed E-state index contributed by atoms with van der Waals surface area (Å²) in [5.74, 6) is -0.756. The molecule has 0 aliphatic carbocycles. The Morgan fingerprint density at radius 3 is 2.45 bits per heavy atom. The highest BCUT2D eigenvalue weighted by Gasteiger charge is 2.40. The third-order valence-electron chi connectivity index (χ3n) is 5.01. The Morgan fingerprint density at radius 2 is 1.83 bits per heavy atom. The Balaban J connectivity index is 1.43. The molecule has 5 rings (SSSR count). The lowest BCUT2D eigenvalue weighted by molar-refractivity contribution is -0.133. The van der Waals surface area contributed by atoms with E-state index in [1.807, 2.05) is 17.5 Å². The number of hydrazone groups is 1. The van der Waals surface area contributed by atoms with E-state index in [2.05, 4.69) is 5.10 Å². The number of carbonyl (C=O) groups is 3. The standard InChI is InChI=1S/C21H15N3O4S/c25-19(12-23-20(26)13-5-1-2-6-14(13)21(23)27)24-16(17-7-3-9-28-17)11-15(22-24)18-8-4-10-29-18/h1-10,16H,11-12H2. The van der Waals surface area contributed by atoms with Crippen molar-refractivity contribution in [2.45, 2.75) is 12.5 Å². The molecule has 3 aromatic rings. The molecule has 7 nitrogen and oxygen atoms in total. The molecule has 2 aliphatic rings. The van der Waals surface area contributed by atoms with Crippen molar-refractivity contribution in [3.63, 3.8) is 0 Å². The fourth-order valence-corrected chi connectivity index (χ4v) is 4.35. The Kier molecular flexibility index (Phi) is 4.13. The Hall–Kier alpha value is -3.52. The van der Waals surface area contributed by atoms with Gasteiger partial charge < -0.3 is 4.42 Å². The molecule has 144 valence electrons. The predicted molar refractivity (Wildman–Crippen MR) is 106 cm³/mol. The second kappa shape index (κ2) is 6.82. The molecule has 2 aromatic heterocycles. The van der Waals surface area contributed by atoms with Crippen LogP contribution in [-0.4, -0.2) is 39.9 Å². The first-order valence-corrected chi connectivity index (χ1v) is 9.93. The van der Waals surface area contributed by atoms with E-state index in [1.54, 1.807) is 54.0 Å². The van der Waals surface area contributed by atoms with E-state index in [0.717, 1.165) is 15.5 Å². The third kappa shape index (κ3) is 2.89. The van der Waals surface area contributed by atoms with Gasteiger partial charge in [-0.25, -0.2) is 5.01 Å². The topological polar surface area (TPSA) is 83.2 Å². The van der Waals surface area contributed by atoms with E-state index in [1.165, 1.54) is 5.01 Å². The van der Waals surface area contributed by atoms with Gasteiger partial charge in [-0.3, -0.25) is 19.3 Å². The first kappa shape index (κ1) is 17.6. The van der Waals surface area contributed by atoms with Crippen molar-refractivity contribution >= 4 is 34.8 Å². The summed E-state index contributed by atoms with van der Waals surface area (Å²) in [4.78, 5) is 40.2. The molecule has 8 heteroatoms. The number of hydrogen-bond acceptors (Lipinski definition) is 6. The fraction of sp³-hybridized carbons (Fsp3) is 0.143. The number of rotatable bonds is 4. The molecule has 0 fully saturated rings. The summed E-state index contributed by atoms with van der Waals surface area (Å²) in [5, 5.41) is 7.79. The van der Waals surface area contributed by atoms with Crippen LogP contribution < -0.4 is 0 Å². The number of nitrogens with zero attached hydrogens (tertiary/aromatic N) is 3. The van der Waals surface area contributed by atoms with Crippen molar-refractivity contribution < 1.29 is 18.8 Å². The van der Waals surface area contributed by atoms with E-state index in [9.17, 15) is 14.4 Å². The molecule has 29 heavy (non-hydrogen) atoms. The van der Waals surface area contributed by atoms with Crippen LogP contribution in [0.25, 0.3) is 0 Å². The lowest BCUT2D eigenvalue weighted by atomic mass is 10.1. The van der Waals surface area contributed by atoms with Crippen LogP contribution in [-0.2, 0) is 4.79 Å². The molecule has 0 saturated heterocycles. The average Bonchev–Trinajstić information content (AvgIpc) is 3.51. The van der Waals surface area contributed by atoms with Crippen molar-refractivity contribution in [3.05, 3.63) is 81.9 Å². The first-order valence-electron chi connectivity index (χ1n) is 9.05. The van der Waals surface area contributed by atoms with Gasteiger partial charge in [0.05, 0.1) is 28.0 Å². The Labute approximate surface area is 169 Å². The summed E-state index contributed by atoms with van der Waals surface area (Å²) in [7, 11) is 0. The zero-order valence-corrected chi connectivity index (χ0v) is 16.0. The number of thiophene rings is 1. The van der Waals surface area contributed by atoms with Gasteiger partial charge in [0, 0.05) is 6.42 Å². The zero-order chi connectivity index (χ0) is 20.0. The third-order valence-corrected chi connectivity index (χ3v) is 5.93. The van der Waals surface area contributed by atoms with Crippen LogP contribution in [0, 0.1) is 0 Å². The molecule has 0 radical (unpaired) electrons. The normalized spacial score (nSPS) is 18.3. The number of furan rings is 1. The number of amides is 3. The minimum absolute atomic E-state index is 0.317. The van der Waals surface area contributed by atoms with E-state index in [-0.39, 0.29) is 6.54 Å². The molecular formula is C21H15N3O4S. The van der Waals surface area contributed by atoms with E-state index >= 15 is 0 Å². The van der Waals surface area contributed by atoms with Gasteiger partial charge >= 0.3 is 0 Å². The largest absolute Gasteiger partial charge is 0.467 e. The fourth-order valence-electron chi connectivity index (χ4n) is 3.62.